The molecule has 3 rings (SSSR count). The Labute approximate surface area is 193 Å². The van der Waals surface area contributed by atoms with Crippen molar-refractivity contribution in [1.82, 2.24) is 24.0 Å². The second-order valence-corrected chi connectivity index (χ2v) is 9.98. The number of rotatable bonds is 10. The van der Waals surface area contributed by atoms with Gasteiger partial charge in [0.1, 0.15) is 0 Å². The highest BCUT2D eigenvalue weighted by Crippen LogP contribution is 2.27. The number of carbonyl (C=O) groups excluding carboxylic acids is 1. The Bertz CT molecular complexity index is 1040. The second kappa shape index (κ2) is 11.1. The molecule has 2 heterocycles. The van der Waals surface area contributed by atoms with E-state index in [0.29, 0.717) is 62.5 Å². The monoisotopic (exact) mass is 479 g/mol. The van der Waals surface area contributed by atoms with Crippen molar-refractivity contribution in [2.24, 2.45) is 0 Å². The molecule has 0 radical (unpaired) electrons. The second-order valence-electron chi connectivity index (χ2n) is 7.10. The number of benzene rings is 1. The SMILES string of the molecule is C=CCn1c(SCC(=O)N(CC)CC)nnc1-c1cccc(S(=O)(=O)N2CCOCC2)c1. The summed E-state index contributed by atoms with van der Waals surface area (Å²) < 4.78 is 34.6. The van der Waals surface area contributed by atoms with Gasteiger partial charge < -0.3 is 9.64 Å². The Balaban J connectivity index is 1.87. The predicted octanol–water partition coefficient (Wildman–Crippen LogP) is 2.11. The molecule has 2 aromatic rings. The zero-order chi connectivity index (χ0) is 23.1. The molecule has 0 atom stereocenters. The van der Waals surface area contributed by atoms with Gasteiger partial charge in [-0.25, -0.2) is 8.42 Å². The van der Waals surface area contributed by atoms with Crippen LogP contribution in [0.4, 0.5) is 0 Å². The van der Waals surface area contributed by atoms with Crippen molar-refractivity contribution in [2.45, 2.75) is 30.4 Å². The molecule has 9 nitrogen and oxygen atoms in total. The number of nitrogens with zero attached hydrogens (tertiary/aromatic N) is 5. The summed E-state index contributed by atoms with van der Waals surface area (Å²) in [7, 11) is -3.63. The summed E-state index contributed by atoms with van der Waals surface area (Å²) in [5.74, 6) is 0.817. The third kappa shape index (κ3) is 5.40. The molecule has 1 aromatic heterocycles. The van der Waals surface area contributed by atoms with Gasteiger partial charge in [-0.2, -0.15) is 4.31 Å². The molecule has 32 heavy (non-hydrogen) atoms. The first-order valence-corrected chi connectivity index (χ1v) is 13.0. The molecule has 1 fully saturated rings. The van der Waals surface area contributed by atoms with Gasteiger partial charge in [-0.1, -0.05) is 30.0 Å². The standard InChI is InChI=1S/C21H29N5O4S2/c1-4-10-26-20(22-23-21(26)31-16-19(27)24(5-2)6-3)17-8-7-9-18(15-17)32(28,29)25-11-13-30-14-12-25/h4,7-9,15H,1,5-6,10-14,16H2,2-3H3. The van der Waals surface area contributed by atoms with Gasteiger partial charge in [0.15, 0.2) is 11.0 Å². The summed E-state index contributed by atoms with van der Waals surface area (Å²) in [5, 5.41) is 9.14. The van der Waals surface area contributed by atoms with Gasteiger partial charge in [0.2, 0.25) is 15.9 Å². The third-order valence-electron chi connectivity index (χ3n) is 5.17. The summed E-state index contributed by atoms with van der Waals surface area (Å²) in [6, 6.07) is 6.70. The molecular weight excluding hydrogens is 450 g/mol. The highest BCUT2D eigenvalue weighted by molar-refractivity contribution is 7.99. The Kier molecular flexibility index (Phi) is 8.46. The van der Waals surface area contributed by atoms with Gasteiger partial charge in [-0.15, -0.1) is 16.8 Å². The van der Waals surface area contributed by atoms with Crippen molar-refractivity contribution in [2.75, 3.05) is 45.1 Å². The number of morpholine rings is 1. The fraction of sp³-hybridized carbons (Fsp3) is 0.476. The summed E-state index contributed by atoms with van der Waals surface area (Å²) in [6.45, 7) is 10.9. The molecule has 0 N–H and O–H groups in total. The Morgan fingerprint density at radius 3 is 2.62 bits per heavy atom. The number of hydrogen-bond acceptors (Lipinski definition) is 7. The maximum Gasteiger partial charge on any atom is 0.243 e. The van der Waals surface area contributed by atoms with E-state index in [9.17, 15) is 13.2 Å². The number of hydrogen-bond donors (Lipinski definition) is 0. The minimum Gasteiger partial charge on any atom is -0.379 e. The van der Waals surface area contributed by atoms with Gasteiger partial charge in [0.05, 0.1) is 23.9 Å². The number of ether oxygens (including phenoxy) is 1. The molecular formula is C21H29N5O4S2. The minimum atomic E-state index is -3.63. The van der Waals surface area contributed by atoms with Gasteiger partial charge in [-0.05, 0) is 26.0 Å². The van der Waals surface area contributed by atoms with Crippen LogP contribution in [0.3, 0.4) is 0 Å². The van der Waals surface area contributed by atoms with E-state index in [0.717, 1.165) is 0 Å². The summed E-state index contributed by atoms with van der Waals surface area (Å²) >= 11 is 1.31. The molecule has 1 aliphatic heterocycles. The van der Waals surface area contributed by atoms with E-state index < -0.39 is 10.0 Å². The first-order valence-electron chi connectivity index (χ1n) is 10.5. The lowest BCUT2D eigenvalue weighted by molar-refractivity contribution is -0.127. The van der Waals surface area contributed by atoms with Crippen LogP contribution in [0.25, 0.3) is 11.4 Å². The lowest BCUT2D eigenvalue weighted by Gasteiger charge is -2.26. The maximum atomic E-state index is 13.0. The zero-order valence-electron chi connectivity index (χ0n) is 18.4. The number of aromatic nitrogens is 3. The molecule has 0 aliphatic carbocycles. The van der Waals surface area contributed by atoms with E-state index in [2.05, 4.69) is 16.8 Å². The van der Waals surface area contributed by atoms with Gasteiger partial charge in [-0.3, -0.25) is 9.36 Å². The zero-order valence-corrected chi connectivity index (χ0v) is 20.1. The summed E-state index contributed by atoms with van der Waals surface area (Å²) in [5.41, 5.74) is 0.635. The van der Waals surface area contributed by atoms with E-state index in [1.165, 1.54) is 16.1 Å². The van der Waals surface area contributed by atoms with Crippen molar-refractivity contribution in [3.8, 4) is 11.4 Å². The number of amides is 1. The number of thioether (sulfide) groups is 1. The molecule has 1 amide bonds. The number of carbonyl (C=O) groups is 1. The van der Waals surface area contributed by atoms with Crippen LogP contribution in [0.2, 0.25) is 0 Å². The quantitative estimate of drug-likeness (QED) is 0.380. The van der Waals surface area contributed by atoms with E-state index in [1.807, 2.05) is 18.4 Å². The van der Waals surface area contributed by atoms with Crippen LogP contribution in [0.1, 0.15) is 13.8 Å². The Morgan fingerprint density at radius 2 is 1.97 bits per heavy atom. The first-order chi connectivity index (χ1) is 15.4. The van der Waals surface area contributed by atoms with Gasteiger partial charge in [0.25, 0.3) is 0 Å². The minimum absolute atomic E-state index is 0.0355. The molecule has 0 unspecified atom stereocenters. The first kappa shape index (κ1) is 24.4. The fourth-order valence-electron chi connectivity index (χ4n) is 3.43. The summed E-state index contributed by atoms with van der Waals surface area (Å²) in [4.78, 5) is 14.3. The Hall–Kier alpha value is -2.21. The van der Waals surface area contributed by atoms with Crippen LogP contribution in [0.15, 0.2) is 47.0 Å². The van der Waals surface area contributed by atoms with Crippen LogP contribution in [-0.4, -0.2) is 83.4 Å². The Morgan fingerprint density at radius 1 is 1.25 bits per heavy atom. The van der Waals surface area contributed by atoms with Crippen molar-refractivity contribution in [3.05, 3.63) is 36.9 Å². The van der Waals surface area contributed by atoms with E-state index >= 15 is 0 Å². The molecule has 1 aromatic carbocycles. The van der Waals surface area contributed by atoms with Gasteiger partial charge in [0, 0.05) is 38.3 Å². The van der Waals surface area contributed by atoms with Crippen LogP contribution < -0.4 is 0 Å². The van der Waals surface area contributed by atoms with Crippen molar-refractivity contribution in [1.29, 1.82) is 0 Å². The normalized spacial score (nSPS) is 14.9. The van der Waals surface area contributed by atoms with Crippen molar-refractivity contribution >= 4 is 27.7 Å². The van der Waals surface area contributed by atoms with Crippen molar-refractivity contribution in [3.63, 3.8) is 0 Å². The molecule has 0 spiro atoms. The molecule has 0 bridgehead atoms. The van der Waals surface area contributed by atoms with Crippen molar-refractivity contribution < 1.29 is 17.9 Å². The van der Waals surface area contributed by atoms with E-state index in [1.54, 1.807) is 35.2 Å². The average Bonchev–Trinajstić information content (AvgIpc) is 3.22. The maximum absolute atomic E-state index is 13.0. The molecule has 11 heteroatoms. The molecule has 1 aliphatic rings. The fourth-order valence-corrected chi connectivity index (χ4v) is 5.73. The third-order valence-corrected chi connectivity index (χ3v) is 8.02. The predicted molar refractivity (Wildman–Crippen MR) is 124 cm³/mol. The lowest BCUT2D eigenvalue weighted by Crippen LogP contribution is -2.40. The largest absolute Gasteiger partial charge is 0.379 e. The average molecular weight is 480 g/mol. The van der Waals surface area contributed by atoms with Crippen LogP contribution in [0, 0.1) is 0 Å². The molecule has 174 valence electrons. The summed E-state index contributed by atoms with van der Waals surface area (Å²) in [6.07, 6.45) is 1.72. The van der Waals surface area contributed by atoms with Crippen LogP contribution in [-0.2, 0) is 26.1 Å². The smallest absolute Gasteiger partial charge is 0.243 e. The number of allylic oxidation sites excluding steroid dienone is 1. The van der Waals surface area contributed by atoms with Crippen LogP contribution in [0.5, 0.6) is 0 Å². The highest BCUT2D eigenvalue weighted by Gasteiger charge is 2.27. The lowest BCUT2D eigenvalue weighted by atomic mass is 10.2. The molecule has 1 saturated heterocycles. The van der Waals surface area contributed by atoms with E-state index in [-0.39, 0.29) is 16.6 Å². The van der Waals surface area contributed by atoms with E-state index in [4.69, 9.17) is 4.74 Å². The van der Waals surface area contributed by atoms with Crippen LogP contribution >= 0.6 is 11.8 Å². The molecule has 0 saturated carbocycles. The van der Waals surface area contributed by atoms with Gasteiger partial charge >= 0.3 is 0 Å². The topological polar surface area (TPSA) is 97.6 Å². The highest BCUT2D eigenvalue weighted by atomic mass is 32.2. The number of sulfonamides is 1.